The second kappa shape index (κ2) is 13.3. The summed E-state index contributed by atoms with van der Waals surface area (Å²) >= 11 is 2.68. The number of thioether (sulfide) groups is 1. The second-order valence-corrected chi connectivity index (χ2v) is 12.1. The molecule has 1 N–H and O–H groups in total. The quantitative estimate of drug-likeness (QED) is 0.0475. The number of Topliss-reactive ketones (excluding diaryl/α,β-unsaturated/α-hetero) is 1. The molecule has 2 heterocycles. The van der Waals surface area contributed by atoms with Crippen molar-refractivity contribution in [3.8, 4) is 5.75 Å². The van der Waals surface area contributed by atoms with Gasteiger partial charge in [0.15, 0.2) is 4.34 Å². The number of aryl methyl sites for hydroxylation is 1. The van der Waals surface area contributed by atoms with E-state index in [1.54, 1.807) is 18.2 Å². The molecule has 4 aromatic rings. The molecule has 1 fully saturated rings. The van der Waals surface area contributed by atoms with Crippen LogP contribution in [0.25, 0.3) is 5.76 Å². The molecular weight excluding hydrogens is 574 g/mol. The van der Waals surface area contributed by atoms with Crippen LogP contribution in [0.3, 0.4) is 0 Å². The molecule has 10 heteroatoms. The maximum Gasteiger partial charge on any atom is 0.301 e. The van der Waals surface area contributed by atoms with E-state index in [1.165, 1.54) is 57.8 Å². The summed E-state index contributed by atoms with van der Waals surface area (Å²) in [5.74, 6) is -1.32. The van der Waals surface area contributed by atoms with Crippen LogP contribution in [0.2, 0.25) is 0 Å². The number of halogens is 1. The Hall–Kier alpha value is -4.02. The first-order chi connectivity index (χ1) is 20.4. The Balaban J connectivity index is 1.51. The molecule has 0 radical (unpaired) electrons. The lowest BCUT2D eigenvalue weighted by molar-refractivity contribution is -0.132. The summed E-state index contributed by atoms with van der Waals surface area (Å²) in [5.41, 5.74) is 2.97. The second-order valence-electron chi connectivity index (χ2n) is 9.93. The highest BCUT2D eigenvalue weighted by atomic mass is 32.2. The number of nitrogens with zero attached hydrogens (tertiary/aromatic N) is 3. The van der Waals surface area contributed by atoms with Crippen LogP contribution in [0, 0.1) is 12.7 Å². The van der Waals surface area contributed by atoms with Crippen LogP contribution in [-0.2, 0) is 15.3 Å². The third kappa shape index (κ3) is 6.55. The topological polar surface area (TPSA) is 92.6 Å². The molecule has 0 aliphatic carbocycles. The van der Waals surface area contributed by atoms with Gasteiger partial charge in [-0.05, 0) is 60.9 Å². The Kier molecular flexibility index (Phi) is 9.34. The molecule has 1 aliphatic rings. The third-order valence-corrected chi connectivity index (χ3v) is 8.96. The number of ether oxygens (including phenoxy) is 1. The van der Waals surface area contributed by atoms with Gasteiger partial charge in [0.25, 0.3) is 5.78 Å². The summed E-state index contributed by atoms with van der Waals surface area (Å²) in [4.78, 5) is 28.3. The summed E-state index contributed by atoms with van der Waals surface area (Å²) in [6.07, 6.45) is 3.00. The first-order valence-electron chi connectivity index (χ1n) is 13.7. The van der Waals surface area contributed by atoms with Gasteiger partial charge in [-0.3, -0.25) is 14.5 Å². The Morgan fingerprint density at radius 2 is 1.81 bits per heavy atom. The van der Waals surface area contributed by atoms with Gasteiger partial charge < -0.3 is 9.84 Å². The maximum atomic E-state index is 13.6. The number of amides is 1. The van der Waals surface area contributed by atoms with Crippen molar-refractivity contribution in [2.24, 2.45) is 0 Å². The molecule has 1 amide bonds. The number of carbonyl (C=O) groups excluding carboxylic acids is 2. The van der Waals surface area contributed by atoms with E-state index in [0.29, 0.717) is 28.0 Å². The Morgan fingerprint density at radius 3 is 2.55 bits per heavy atom. The number of rotatable bonds is 11. The molecule has 1 aliphatic heterocycles. The van der Waals surface area contributed by atoms with E-state index in [-0.39, 0.29) is 16.3 Å². The molecule has 0 spiro atoms. The monoisotopic (exact) mass is 603 g/mol. The molecule has 5 rings (SSSR count). The summed E-state index contributed by atoms with van der Waals surface area (Å²) in [5, 5.41) is 20.1. The largest absolute Gasteiger partial charge is 0.507 e. The first-order valence-corrected chi connectivity index (χ1v) is 15.5. The molecule has 216 valence electrons. The Bertz CT molecular complexity index is 1600. The van der Waals surface area contributed by atoms with Crippen LogP contribution in [-0.4, -0.2) is 33.6 Å². The van der Waals surface area contributed by atoms with E-state index in [4.69, 9.17) is 4.74 Å². The van der Waals surface area contributed by atoms with E-state index in [0.717, 1.165) is 24.8 Å². The number of aliphatic hydroxyl groups excluding tert-OH is 1. The van der Waals surface area contributed by atoms with Gasteiger partial charge in [-0.1, -0.05) is 84.8 Å². The molecule has 0 bridgehead atoms. The highest BCUT2D eigenvalue weighted by Crippen LogP contribution is 2.44. The van der Waals surface area contributed by atoms with Crippen LogP contribution in [0.1, 0.15) is 54.5 Å². The highest BCUT2D eigenvalue weighted by molar-refractivity contribution is 8.00. The minimum absolute atomic E-state index is 0.112. The standard InChI is InChI=1S/C32H30FN3O4S2/c1-3-4-5-17-40-25-8-6-7-23(18-25)27-26(28(37)22-13-15-24(33)16-14-22)29(38)30(39)36(27)31-34-35-32(42-31)41-19-21-11-9-20(2)10-12-21/h6-16,18,27,37H,3-5,17,19H2,1-2H3. The minimum atomic E-state index is -0.989. The lowest BCUT2D eigenvalue weighted by atomic mass is 9.95. The molecule has 42 heavy (non-hydrogen) atoms. The van der Waals surface area contributed by atoms with Crippen LogP contribution in [0.15, 0.2) is 82.7 Å². The minimum Gasteiger partial charge on any atom is -0.507 e. The maximum absolute atomic E-state index is 13.6. The number of ketones is 1. The number of anilines is 1. The Morgan fingerprint density at radius 1 is 1.05 bits per heavy atom. The lowest BCUT2D eigenvalue weighted by Gasteiger charge is -2.23. The van der Waals surface area contributed by atoms with E-state index in [9.17, 15) is 19.1 Å². The molecule has 1 saturated heterocycles. The molecule has 1 atom stereocenters. The highest BCUT2D eigenvalue weighted by Gasteiger charge is 2.48. The molecular formula is C32H30FN3O4S2. The zero-order valence-electron chi connectivity index (χ0n) is 23.2. The van der Waals surface area contributed by atoms with Crippen molar-refractivity contribution in [3.05, 3.63) is 106 Å². The number of hydrogen-bond donors (Lipinski definition) is 1. The lowest BCUT2D eigenvalue weighted by Crippen LogP contribution is -2.29. The first kappa shape index (κ1) is 29.5. The predicted octanol–water partition coefficient (Wildman–Crippen LogP) is 7.47. The fourth-order valence-corrected chi connectivity index (χ4v) is 6.44. The van der Waals surface area contributed by atoms with Gasteiger partial charge in [-0.2, -0.15) is 0 Å². The smallest absolute Gasteiger partial charge is 0.301 e. The third-order valence-electron chi connectivity index (χ3n) is 6.84. The SMILES string of the molecule is CCCCCOc1cccc(C2C(=C(O)c3ccc(F)cc3)C(=O)C(=O)N2c2nnc(SCc3ccc(C)cc3)s2)c1. The van der Waals surface area contributed by atoms with Crippen molar-refractivity contribution < 1.29 is 23.8 Å². The Labute approximate surface area is 252 Å². The van der Waals surface area contributed by atoms with Gasteiger partial charge in [0.05, 0.1) is 18.2 Å². The van der Waals surface area contributed by atoms with Crippen LogP contribution < -0.4 is 9.64 Å². The summed E-state index contributed by atoms with van der Waals surface area (Å²) in [6.45, 7) is 4.68. The number of unbranched alkanes of at least 4 members (excludes halogenated alkanes) is 2. The van der Waals surface area contributed by atoms with Crippen molar-refractivity contribution in [2.75, 3.05) is 11.5 Å². The van der Waals surface area contributed by atoms with Crippen molar-refractivity contribution in [1.29, 1.82) is 0 Å². The van der Waals surface area contributed by atoms with Crippen LogP contribution >= 0.6 is 23.1 Å². The van der Waals surface area contributed by atoms with Crippen molar-refractivity contribution >= 4 is 45.7 Å². The zero-order chi connectivity index (χ0) is 29.6. The fraction of sp³-hybridized carbons (Fsp3) is 0.250. The number of benzene rings is 3. The summed E-state index contributed by atoms with van der Waals surface area (Å²) in [7, 11) is 0. The molecule has 1 aromatic heterocycles. The number of hydrogen-bond acceptors (Lipinski definition) is 8. The summed E-state index contributed by atoms with van der Waals surface area (Å²) < 4.78 is 20.2. The molecule has 1 unspecified atom stereocenters. The van der Waals surface area contributed by atoms with Gasteiger partial charge in [0.1, 0.15) is 17.3 Å². The average Bonchev–Trinajstić information content (AvgIpc) is 3.57. The van der Waals surface area contributed by atoms with Gasteiger partial charge >= 0.3 is 5.91 Å². The average molecular weight is 604 g/mol. The van der Waals surface area contributed by atoms with E-state index >= 15 is 0 Å². The van der Waals surface area contributed by atoms with Gasteiger partial charge in [0.2, 0.25) is 5.13 Å². The van der Waals surface area contributed by atoms with Crippen molar-refractivity contribution in [2.45, 2.75) is 49.2 Å². The van der Waals surface area contributed by atoms with Crippen LogP contribution in [0.4, 0.5) is 9.52 Å². The number of aromatic nitrogens is 2. The molecule has 0 saturated carbocycles. The number of carbonyl (C=O) groups is 2. The van der Waals surface area contributed by atoms with E-state index in [2.05, 4.69) is 29.3 Å². The van der Waals surface area contributed by atoms with Crippen molar-refractivity contribution in [3.63, 3.8) is 0 Å². The van der Waals surface area contributed by atoms with Crippen molar-refractivity contribution in [1.82, 2.24) is 10.2 Å². The number of aliphatic hydroxyl groups is 1. The van der Waals surface area contributed by atoms with Crippen LogP contribution in [0.5, 0.6) is 5.75 Å². The molecule has 7 nitrogen and oxygen atoms in total. The van der Waals surface area contributed by atoms with Gasteiger partial charge in [-0.15, -0.1) is 10.2 Å². The normalized spacial score (nSPS) is 16.3. The summed E-state index contributed by atoms with van der Waals surface area (Å²) in [6, 6.07) is 19.4. The molecule has 3 aromatic carbocycles. The predicted molar refractivity (Wildman–Crippen MR) is 163 cm³/mol. The van der Waals surface area contributed by atoms with E-state index < -0.39 is 29.3 Å². The van der Waals surface area contributed by atoms with Gasteiger partial charge in [0, 0.05) is 11.3 Å². The van der Waals surface area contributed by atoms with E-state index in [1.807, 2.05) is 25.1 Å². The zero-order valence-corrected chi connectivity index (χ0v) is 24.9. The van der Waals surface area contributed by atoms with Gasteiger partial charge in [-0.25, -0.2) is 4.39 Å². The fourth-order valence-electron chi connectivity index (χ4n) is 4.61.